The van der Waals surface area contributed by atoms with Crippen LogP contribution in [0.15, 0.2) is 59.6 Å². The van der Waals surface area contributed by atoms with Gasteiger partial charge < -0.3 is 15.5 Å². The fourth-order valence-corrected chi connectivity index (χ4v) is 2.31. The van der Waals surface area contributed by atoms with Crippen LogP contribution in [-0.4, -0.2) is 32.6 Å². The number of nitrogens with one attached hydrogen (secondary N) is 2. The third-order valence-corrected chi connectivity index (χ3v) is 3.99. The summed E-state index contributed by atoms with van der Waals surface area (Å²) in [4.78, 5) is 6.45. The van der Waals surface area contributed by atoms with Gasteiger partial charge in [-0.15, -0.1) is 24.0 Å². The second kappa shape index (κ2) is 10.9. The molecule has 4 nitrogen and oxygen atoms in total. The number of hydrogen-bond acceptors (Lipinski definition) is 2. The van der Waals surface area contributed by atoms with Crippen molar-refractivity contribution in [2.75, 3.05) is 25.5 Å². The van der Waals surface area contributed by atoms with Crippen molar-refractivity contribution in [3.8, 4) is 0 Å². The van der Waals surface area contributed by atoms with Crippen LogP contribution >= 0.6 is 24.0 Å². The van der Waals surface area contributed by atoms with Crippen molar-refractivity contribution >= 4 is 35.6 Å². The van der Waals surface area contributed by atoms with E-state index in [9.17, 15) is 4.39 Å². The summed E-state index contributed by atoms with van der Waals surface area (Å²) in [6.07, 6.45) is 0. The number of para-hydroxylation sites is 1. The molecule has 0 saturated carbocycles. The van der Waals surface area contributed by atoms with Crippen LogP contribution in [0, 0.1) is 5.82 Å². The molecule has 1 atom stereocenters. The number of guanidine groups is 1. The van der Waals surface area contributed by atoms with E-state index >= 15 is 0 Å². The van der Waals surface area contributed by atoms with Crippen LogP contribution in [0.25, 0.3) is 0 Å². The molecule has 0 amide bonds. The van der Waals surface area contributed by atoms with Gasteiger partial charge in [0.25, 0.3) is 0 Å². The first-order valence-electron chi connectivity index (χ1n) is 8.07. The maximum absolute atomic E-state index is 12.9. The number of anilines is 1. The number of hydrogen-bond donors (Lipinski definition) is 2. The molecule has 25 heavy (non-hydrogen) atoms. The summed E-state index contributed by atoms with van der Waals surface area (Å²) in [5.74, 6) is 0.506. The predicted octanol–water partition coefficient (Wildman–Crippen LogP) is 3.63. The average Bonchev–Trinajstić information content (AvgIpc) is 2.63. The van der Waals surface area contributed by atoms with Crippen molar-refractivity contribution in [2.45, 2.75) is 19.5 Å². The van der Waals surface area contributed by atoms with Gasteiger partial charge in [0.05, 0.1) is 0 Å². The fourth-order valence-electron chi connectivity index (χ4n) is 2.31. The van der Waals surface area contributed by atoms with Gasteiger partial charge >= 0.3 is 0 Å². The zero-order valence-corrected chi connectivity index (χ0v) is 17.2. The summed E-state index contributed by atoms with van der Waals surface area (Å²) in [7, 11) is 3.82. The van der Waals surface area contributed by atoms with E-state index < -0.39 is 0 Å². The highest BCUT2D eigenvalue weighted by atomic mass is 127. The Kier molecular flexibility index (Phi) is 9.26. The van der Waals surface area contributed by atoms with Crippen LogP contribution in [0.3, 0.4) is 0 Å². The van der Waals surface area contributed by atoms with E-state index in [1.165, 1.54) is 17.8 Å². The monoisotopic (exact) mass is 456 g/mol. The molecule has 2 aromatic rings. The van der Waals surface area contributed by atoms with Gasteiger partial charge in [0.2, 0.25) is 0 Å². The zero-order valence-electron chi connectivity index (χ0n) is 14.9. The van der Waals surface area contributed by atoms with E-state index in [0.29, 0.717) is 12.6 Å². The lowest BCUT2D eigenvalue weighted by molar-refractivity contribution is 0.626. The van der Waals surface area contributed by atoms with Gasteiger partial charge in [0, 0.05) is 38.9 Å². The summed E-state index contributed by atoms with van der Waals surface area (Å²) in [6, 6.07) is 17.0. The third kappa shape index (κ3) is 6.89. The van der Waals surface area contributed by atoms with Crippen molar-refractivity contribution in [2.24, 2.45) is 4.99 Å². The lowest BCUT2D eigenvalue weighted by Gasteiger charge is -2.27. The summed E-state index contributed by atoms with van der Waals surface area (Å²) in [5, 5.41) is 6.56. The van der Waals surface area contributed by atoms with Gasteiger partial charge in [-0.05, 0) is 36.8 Å². The first kappa shape index (κ1) is 21.2. The molecule has 0 radical (unpaired) electrons. The van der Waals surface area contributed by atoms with E-state index in [0.717, 1.165) is 18.1 Å². The van der Waals surface area contributed by atoms with Gasteiger partial charge in [0.15, 0.2) is 5.96 Å². The van der Waals surface area contributed by atoms with E-state index in [4.69, 9.17) is 0 Å². The van der Waals surface area contributed by atoms with Gasteiger partial charge in [0.1, 0.15) is 5.82 Å². The molecule has 0 spiro atoms. The number of halogens is 2. The van der Waals surface area contributed by atoms with Crippen molar-refractivity contribution < 1.29 is 4.39 Å². The van der Waals surface area contributed by atoms with E-state index in [2.05, 4.69) is 46.6 Å². The molecule has 136 valence electrons. The summed E-state index contributed by atoms with van der Waals surface area (Å²) in [6.45, 7) is 3.52. The topological polar surface area (TPSA) is 39.7 Å². The fraction of sp³-hybridized carbons (Fsp3) is 0.316. The Bertz CT molecular complexity index is 646. The lowest BCUT2D eigenvalue weighted by Crippen LogP contribution is -2.44. The number of rotatable bonds is 6. The van der Waals surface area contributed by atoms with Crippen LogP contribution in [0.1, 0.15) is 12.5 Å². The molecule has 0 bridgehead atoms. The third-order valence-electron chi connectivity index (χ3n) is 3.99. The second-order valence-corrected chi connectivity index (χ2v) is 5.73. The van der Waals surface area contributed by atoms with Crippen LogP contribution in [0.5, 0.6) is 0 Å². The van der Waals surface area contributed by atoms with Crippen LogP contribution in [-0.2, 0) is 6.54 Å². The SMILES string of the molecule is CN=C(NCc1ccc(F)cc1)NCC(C)N(C)c1ccccc1.I. The molecular formula is C19H26FIN4. The largest absolute Gasteiger partial charge is 0.370 e. The normalized spacial score (nSPS) is 12.1. The number of benzene rings is 2. The molecule has 0 saturated heterocycles. The molecule has 2 aromatic carbocycles. The first-order chi connectivity index (χ1) is 11.6. The van der Waals surface area contributed by atoms with Gasteiger partial charge in [-0.25, -0.2) is 4.39 Å². The van der Waals surface area contributed by atoms with Crippen molar-refractivity contribution in [1.82, 2.24) is 10.6 Å². The molecule has 0 aliphatic rings. The predicted molar refractivity (Wildman–Crippen MR) is 114 cm³/mol. The van der Waals surface area contributed by atoms with Crippen molar-refractivity contribution in [3.05, 3.63) is 66.0 Å². The standard InChI is InChI=1S/C19H25FN4.HI/c1-15(24(3)18-7-5-4-6-8-18)13-22-19(21-2)23-14-16-9-11-17(20)12-10-16;/h4-12,15H,13-14H2,1-3H3,(H2,21,22,23);1H. The summed E-state index contributed by atoms with van der Waals surface area (Å²) >= 11 is 0. The highest BCUT2D eigenvalue weighted by Crippen LogP contribution is 2.13. The van der Waals surface area contributed by atoms with Crippen LogP contribution in [0.2, 0.25) is 0 Å². The molecule has 0 fully saturated rings. The molecule has 2 rings (SSSR count). The van der Waals surface area contributed by atoms with E-state index in [1.807, 2.05) is 18.2 Å². The Balaban J connectivity index is 0.00000312. The van der Waals surface area contributed by atoms with Gasteiger partial charge in [-0.3, -0.25) is 4.99 Å². The minimum Gasteiger partial charge on any atom is -0.370 e. The Hall–Kier alpha value is -1.83. The summed E-state index contributed by atoms with van der Waals surface area (Å²) in [5.41, 5.74) is 2.19. The minimum absolute atomic E-state index is 0. The Morgan fingerprint density at radius 3 is 2.32 bits per heavy atom. The number of aliphatic imine (C=N–C) groups is 1. The minimum atomic E-state index is -0.223. The first-order valence-corrected chi connectivity index (χ1v) is 8.07. The average molecular weight is 456 g/mol. The van der Waals surface area contributed by atoms with Gasteiger partial charge in [-0.1, -0.05) is 30.3 Å². The van der Waals surface area contributed by atoms with E-state index in [1.54, 1.807) is 19.2 Å². The van der Waals surface area contributed by atoms with Gasteiger partial charge in [-0.2, -0.15) is 0 Å². The molecule has 0 aliphatic carbocycles. The molecule has 0 aromatic heterocycles. The Morgan fingerprint density at radius 1 is 1.08 bits per heavy atom. The Morgan fingerprint density at radius 2 is 1.72 bits per heavy atom. The molecule has 0 heterocycles. The Labute approximate surface area is 166 Å². The summed E-state index contributed by atoms with van der Waals surface area (Å²) < 4.78 is 12.9. The quantitative estimate of drug-likeness (QED) is 0.396. The molecular weight excluding hydrogens is 430 g/mol. The maximum atomic E-state index is 12.9. The second-order valence-electron chi connectivity index (χ2n) is 5.73. The van der Waals surface area contributed by atoms with Crippen molar-refractivity contribution in [1.29, 1.82) is 0 Å². The highest BCUT2D eigenvalue weighted by Gasteiger charge is 2.10. The number of likely N-dealkylation sites (N-methyl/N-ethyl adjacent to an activating group) is 1. The maximum Gasteiger partial charge on any atom is 0.191 e. The van der Waals surface area contributed by atoms with E-state index in [-0.39, 0.29) is 29.8 Å². The molecule has 1 unspecified atom stereocenters. The zero-order chi connectivity index (χ0) is 17.4. The molecule has 2 N–H and O–H groups in total. The van der Waals surface area contributed by atoms with Crippen molar-refractivity contribution in [3.63, 3.8) is 0 Å². The highest BCUT2D eigenvalue weighted by molar-refractivity contribution is 14.0. The number of nitrogens with zero attached hydrogens (tertiary/aromatic N) is 2. The molecule has 0 aliphatic heterocycles. The lowest BCUT2D eigenvalue weighted by atomic mass is 10.2. The van der Waals surface area contributed by atoms with Crippen LogP contribution < -0.4 is 15.5 Å². The smallest absolute Gasteiger partial charge is 0.191 e. The molecule has 6 heteroatoms. The van der Waals surface area contributed by atoms with Crippen LogP contribution in [0.4, 0.5) is 10.1 Å².